The molecule has 0 aromatic carbocycles. The van der Waals surface area contributed by atoms with Crippen molar-refractivity contribution in [3.05, 3.63) is 29.8 Å². The number of aromatic nitrogens is 4. The van der Waals surface area contributed by atoms with Gasteiger partial charge in [0, 0.05) is 39.8 Å². The van der Waals surface area contributed by atoms with E-state index in [1.54, 1.807) is 6.33 Å². The lowest BCUT2D eigenvalue weighted by Crippen LogP contribution is -2.34. The summed E-state index contributed by atoms with van der Waals surface area (Å²) in [6.07, 6.45) is 1.58. The fraction of sp³-hybridized carbons (Fsp3) is 0.529. The number of likely N-dealkylation sites (N-methyl/N-ethyl adjacent to an activating group) is 1. The van der Waals surface area contributed by atoms with E-state index in [2.05, 4.69) is 25.3 Å². The minimum absolute atomic E-state index is 0.128. The highest BCUT2D eigenvalue weighted by Crippen LogP contribution is 2.21. The van der Waals surface area contributed by atoms with E-state index in [9.17, 15) is 4.79 Å². The maximum atomic E-state index is 12.3. The molecule has 1 aliphatic rings. The molecule has 0 fully saturated rings. The van der Waals surface area contributed by atoms with Gasteiger partial charge in [0.15, 0.2) is 5.69 Å². The van der Waals surface area contributed by atoms with Crippen molar-refractivity contribution in [3.63, 3.8) is 0 Å². The van der Waals surface area contributed by atoms with Crippen molar-refractivity contribution in [2.45, 2.75) is 13.1 Å². The maximum Gasteiger partial charge on any atom is 0.271 e. The molecule has 2 aromatic rings. The van der Waals surface area contributed by atoms with Gasteiger partial charge in [-0.15, -0.1) is 0 Å². The Balaban J connectivity index is 1.68. The van der Waals surface area contributed by atoms with Crippen LogP contribution in [0.25, 0.3) is 0 Å². The van der Waals surface area contributed by atoms with Gasteiger partial charge in [0.1, 0.15) is 18.0 Å². The summed E-state index contributed by atoms with van der Waals surface area (Å²) in [7, 11) is 7.87. The highest BCUT2D eigenvalue weighted by molar-refractivity contribution is 5.92. The van der Waals surface area contributed by atoms with E-state index in [1.807, 2.05) is 54.8 Å². The standard InChI is InChI=1S/C17H26N8O/c1-22(2)6-5-18-17(26)14-9-13-11-24(7-8-25(13)21-14)16-10-15(23(3)4)19-12-20-16/h9-10,12H,5-8,11H2,1-4H3,(H,18,26). The highest BCUT2D eigenvalue weighted by Gasteiger charge is 2.22. The Labute approximate surface area is 153 Å². The first-order chi connectivity index (χ1) is 12.4. The molecule has 0 atom stereocenters. The first kappa shape index (κ1) is 18.1. The zero-order valence-electron chi connectivity index (χ0n) is 15.8. The first-order valence-electron chi connectivity index (χ1n) is 8.68. The number of hydrogen-bond donors (Lipinski definition) is 1. The van der Waals surface area contributed by atoms with Gasteiger partial charge in [-0.05, 0) is 20.2 Å². The molecule has 9 nitrogen and oxygen atoms in total. The number of fused-ring (bicyclic) bond motifs is 1. The smallest absolute Gasteiger partial charge is 0.271 e. The zero-order chi connectivity index (χ0) is 18.7. The number of carbonyl (C=O) groups is 1. The molecule has 3 rings (SSSR count). The normalized spacial score (nSPS) is 13.7. The van der Waals surface area contributed by atoms with Gasteiger partial charge in [-0.2, -0.15) is 5.10 Å². The first-order valence-corrected chi connectivity index (χ1v) is 8.68. The molecule has 0 unspecified atom stereocenters. The largest absolute Gasteiger partial charge is 0.363 e. The lowest BCUT2D eigenvalue weighted by atomic mass is 10.2. The second-order valence-corrected chi connectivity index (χ2v) is 6.85. The quantitative estimate of drug-likeness (QED) is 0.781. The molecule has 0 saturated heterocycles. The lowest BCUT2D eigenvalue weighted by Gasteiger charge is -2.29. The average molecular weight is 358 g/mol. The van der Waals surface area contributed by atoms with Crippen LogP contribution in [-0.2, 0) is 13.1 Å². The Morgan fingerprint density at radius 3 is 2.73 bits per heavy atom. The number of amides is 1. The molecule has 0 radical (unpaired) electrons. The van der Waals surface area contributed by atoms with Gasteiger partial charge >= 0.3 is 0 Å². The van der Waals surface area contributed by atoms with E-state index in [-0.39, 0.29) is 5.91 Å². The number of carbonyl (C=O) groups excluding carboxylic acids is 1. The van der Waals surface area contributed by atoms with E-state index < -0.39 is 0 Å². The molecule has 0 spiro atoms. The Bertz CT molecular complexity index is 770. The molecule has 1 N–H and O–H groups in total. The number of nitrogens with zero attached hydrogens (tertiary/aromatic N) is 7. The third-order valence-electron chi connectivity index (χ3n) is 4.30. The van der Waals surface area contributed by atoms with Crippen molar-refractivity contribution in [1.29, 1.82) is 0 Å². The molecule has 3 heterocycles. The third-order valence-corrected chi connectivity index (χ3v) is 4.30. The molecule has 0 bridgehead atoms. The highest BCUT2D eigenvalue weighted by atomic mass is 16.1. The minimum atomic E-state index is -0.128. The van der Waals surface area contributed by atoms with Crippen molar-refractivity contribution in [3.8, 4) is 0 Å². The van der Waals surface area contributed by atoms with Crippen LogP contribution in [0.4, 0.5) is 11.6 Å². The van der Waals surface area contributed by atoms with Crippen molar-refractivity contribution in [1.82, 2.24) is 30.0 Å². The van der Waals surface area contributed by atoms with Crippen LogP contribution in [0.2, 0.25) is 0 Å². The van der Waals surface area contributed by atoms with Crippen LogP contribution < -0.4 is 15.1 Å². The van der Waals surface area contributed by atoms with E-state index in [0.29, 0.717) is 18.8 Å². The van der Waals surface area contributed by atoms with E-state index >= 15 is 0 Å². The van der Waals surface area contributed by atoms with Crippen molar-refractivity contribution in [2.75, 3.05) is 57.6 Å². The molecule has 0 aliphatic carbocycles. The molecular formula is C17H26N8O. The fourth-order valence-corrected chi connectivity index (χ4v) is 2.81. The predicted molar refractivity (Wildman–Crippen MR) is 101 cm³/mol. The summed E-state index contributed by atoms with van der Waals surface area (Å²) < 4.78 is 1.91. The van der Waals surface area contributed by atoms with E-state index in [0.717, 1.165) is 37.0 Å². The van der Waals surface area contributed by atoms with Crippen molar-refractivity contribution in [2.24, 2.45) is 0 Å². The zero-order valence-corrected chi connectivity index (χ0v) is 15.8. The van der Waals surface area contributed by atoms with Crippen molar-refractivity contribution < 1.29 is 4.79 Å². The Morgan fingerprint density at radius 2 is 2.00 bits per heavy atom. The van der Waals surface area contributed by atoms with Crippen LogP contribution in [-0.4, -0.2) is 78.4 Å². The van der Waals surface area contributed by atoms with Crippen LogP contribution in [0.3, 0.4) is 0 Å². The summed E-state index contributed by atoms with van der Waals surface area (Å²) in [4.78, 5) is 27.1. The summed E-state index contributed by atoms with van der Waals surface area (Å²) >= 11 is 0. The summed E-state index contributed by atoms with van der Waals surface area (Å²) in [5.41, 5.74) is 1.48. The van der Waals surface area contributed by atoms with E-state index in [4.69, 9.17) is 0 Å². The van der Waals surface area contributed by atoms with Gasteiger partial charge in [0.2, 0.25) is 0 Å². The Kier molecular flexibility index (Phi) is 5.36. The number of anilines is 2. The molecule has 140 valence electrons. The topological polar surface area (TPSA) is 82.4 Å². The second-order valence-electron chi connectivity index (χ2n) is 6.85. The third kappa shape index (κ3) is 4.10. The minimum Gasteiger partial charge on any atom is -0.363 e. The second kappa shape index (κ2) is 7.69. The Morgan fingerprint density at radius 1 is 1.19 bits per heavy atom. The van der Waals surface area contributed by atoms with E-state index in [1.165, 1.54) is 0 Å². The summed E-state index contributed by atoms with van der Waals surface area (Å²) in [5, 5.41) is 7.35. The van der Waals surface area contributed by atoms with Crippen LogP contribution in [0, 0.1) is 0 Å². The maximum absolute atomic E-state index is 12.3. The van der Waals surface area contributed by atoms with Crippen LogP contribution in [0.5, 0.6) is 0 Å². The Hall–Kier alpha value is -2.68. The van der Waals surface area contributed by atoms with Gasteiger partial charge in [-0.3, -0.25) is 9.48 Å². The van der Waals surface area contributed by atoms with Gasteiger partial charge in [-0.1, -0.05) is 0 Å². The monoisotopic (exact) mass is 358 g/mol. The fourth-order valence-electron chi connectivity index (χ4n) is 2.81. The molecule has 1 aliphatic heterocycles. The average Bonchev–Trinajstić information content (AvgIpc) is 3.04. The molecule has 2 aromatic heterocycles. The molecule has 1 amide bonds. The number of rotatable bonds is 6. The molecular weight excluding hydrogens is 332 g/mol. The summed E-state index contributed by atoms with van der Waals surface area (Å²) in [5.74, 6) is 1.63. The number of nitrogens with one attached hydrogen (secondary N) is 1. The molecule has 26 heavy (non-hydrogen) atoms. The van der Waals surface area contributed by atoms with Crippen LogP contribution >= 0.6 is 0 Å². The van der Waals surface area contributed by atoms with Gasteiger partial charge in [0.05, 0.1) is 18.8 Å². The predicted octanol–water partition coefficient (Wildman–Crippen LogP) is 0.0507. The van der Waals surface area contributed by atoms with Gasteiger partial charge in [0.25, 0.3) is 5.91 Å². The van der Waals surface area contributed by atoms with Crippen LogP contribution in [0.15, 0.2) is 18.5 Å². The molecule has 0 saturated carbocycles. The molecule has 9 heteroatoms. The lowest BCUT2D eigenvalue weighted by molar-refractivity contribution is 0.0945. The van der Waals surface area contributed by atoms with Crippen molar-refractivity contribution >= 4 is 17.5 Å². The van der Waals surface area contributed by atoms with Gasteiger partial charge < -0.3 is 20.0 Å². The van der Waals surface area contributed by atoms with Gasteiger partial charge in [-0.25, -0.2) is 9.97 Å². The number of hydrogen-bond acceptors (Lipinski definition) is 7. The summed E-state index contributed by atoms with van der Waals surface area (Å²) in [6, 6.07) is 3.84. The summed E-state index contributed by atoms with van der Waals surface area (Å²) in [6.45, 7) is 3.59. The van der Waals surface area contributed by atoms with Crippen LogP contribution in [0.1, 0.15) is 16.2 Å². The SMILES string of the molecule is CN(C)CCNC(=O)c1cc2n(n1)CCN(c1cc(N(C)C)ncn1)C2.